The number of phenols is 1. The summed E-state index contributed by atoms with van der Waals surface area (Å²) in [6.45, 7) is 5.29. The van der Waals surface area contributed by atoms with Gasteiger partial charge in [-0.05, 0) is 56.6 Å². The Balaban J connectivity index is 1.76. The van der Waals surface area contributed by atoms with E-state index in [0.717, 1.165) is 25.2 Å². The molecule has 1 heterocycles. The van der Waals surface area contributed by atoms with Crippen molar-refractivity contribution >= 4 is 12.1 Å². The number of hydrogen-bond acceptors (Lipinski definition) is 5. The molecule has 23 heavy (non-hydrogen) atoms. The van der Waals surface area contributed by atoms with E-state index in [0.29, 0.717) is 18.8 Å². The highest BCUT2D eigenvalue weighted by molar-refractivity contribution is 5.83. The molecule has 1 aromatic carbocycles. The van der Waals surface area contributed by atoms with Crippen molar-refractivity contribution in [2.24, 2.45) is 5.10 Å². The lowest BCUT2D eigenvalue weighted by Gasteiger charge is -2.25. The Morgan fingerprint density at radius 2 is 2.17 bits per heavy atom. The predicted molar refractivity (Wildman–Crippen MR) is 89.9 cm³/mol. The number of amides is 1. The molecular formula is C17H25N3O3. The van der Waals surface area contributed by atoms with Crippen LogP contribution in [0.15, 0.2) is 23.3 Å². The summed E-state index contributed by atoms with van der Waals surface area (Å²) < 4.78 is 5.31. The molecule has 1 fully saturated rings. The van der Waals surface area contributed by atoms with E-state index in [1.807, 2.05) is 6.92 Å². The van der Waals surface area contributed by atoms with Crippen LogP contribution < -0.4 is 10.2 Å². The quantitative estimate of drug-likeness (QED) is 0.596. The molecule has 1 amide bonds. The lowest BCUT2D eigenvalue weighted by Crippen LogP contribution is -2.33. The van der Waals surface area contributed by atoms with Gasteiger partial charge in [0.1, 0.15) is 0 Å². The van der Waals surface area contributed by atoms with Gasteiger partial charge in [0.2, 0.25) is 5.91 Å². The number of nitrogens with zero attached hydrogens (tertiary/aromatic N) is 2. The zero-order chi connectivity index (χ0) is 16.5. The van der Waals surface area contributed by atoms with Crippen molar-refractivity contribution in [3.8, 4) is 11.5 Å². The molecule has 2 rings (SSSR count). The lowest BCUT2D eigenvalue weighted by molar-refractivity contribution is -0.121. The molecular weight excluding hydrogens is 294 g/mol. The van der Waals surface area contributed by atoms with E-state index in [1.54, 1.807) is 24.4 Å². The average molecular weight is 319 g/mol. The van der Waals surface area contributed by atoms with Crippen molar-refractivity contribution in [3.05, 3.63) is 23.8 Å². The second-order valence-corrected chi connectivity index (χ2v) is 5.61. The van der Waals surface area contributed by atoms with Crippen LogP contribution in [0.4, 0.5) is 0 Å². The smallest absolute Gasteiger partial charge is 0.241 e. The Bertz CT molecular complexity index is 540. The SMILES string of the molecule is CCOc1cc(/C=N/NC(=O)CCN2CCCCC2)ccc1O. The van der Waals surface area contributed by atoms with Gasteiger partial charge < -0.3 is 14.7 Å². The summed E-state index contributed by atoms with van der Waals surface area (Å²) in [5.74, 6) is 0.415. The van der Waals surface area contributed by atoms with E-state index in [4.69, 9.17) is 4.74 Å². The maximum Gasteiger partial charge on any atom is 0.241 e. The normalized spacial score (nSPS) is 15.7. The molecule has 0 bridgehead atoms. The second-order valence-electron chi connectivity index (χ2n) is 5.61. The van der Waals surface area contributed by atoms with Crippen LogP contribution in [0.3, 0.4) is 0 Å². The third kappa shape index (κ3) is 5.90. The summed E-state index contributed by atoms with van der Waals surface area (Å²) in [4.78, 5) is 14.1. The Morgan fingerprint density at radius 3 is 2.91 bits per heavy atom. The van der Waals surface area contributed by atoms with Crippen LogP contribution in [0.5, 0.6) is 11.5 Å². The van der Waals surface area contributed by atoms with Gasteiger partial charge in [0, 0.05) is 13.0 Å². The highest BCUT2D eigenvalue weighted by Crippen LogP contribution is 2.26. The molecule has 0 spiro atoms. The third-order valence-corrected chi connectivity index (χ3v) is 3.79. The predicted octanol–water partition coefficient (Wildman–Crippen LogP) is 2.12. The first-order chi connectivity index (χ1) is 11.2. The fourth-order valence-electron chi connectivity index (χ4n) is 2.56. The van der Waals surface area contributed by atoms with E-state index in [9.17, 15) is 9.90 Å². The van der Waals surface area contributed by atoms with Crippen LogP contribution >= 0.6 is 0 Å². The van der Waals surface area contributed by atoms with Gasteiger partial charge in [-0.15, -0.1) is 0 Å². The van der Waals surface area contributed by atoms with Crippen molar-refractivity contribution in [1.82, 2.24) is 10.3 Å². The molecule has 0 unspecified atom stereocenters. The molecule has 1 aliphatic rings. The van der Waals surface area contributed by atoms with E-state index in [2.05, 4.69) is 15.4 Å². The number of hydrazone groups is 1. The van der Waals surface area contributed by atoms with E-state index < -0.39 is 0 Å². The molecule has 0 atom stereocenters. The third-order valence-electron chi connectivity index (χ3n) is 3.79. The molecule has 1 saturated heterocycles. The van der Waals surface area contributed by atoms with Crippen LogP contribution in [0.2, 0.25) is 0 Å². The molecule has 0 aliphatic carbocycles. The van der Waals surface area contributed by atoms with Crippen molar-refractivity contribution < 1.29 is 14.6 Å². The van der Waals surface area contributed by atoms with Crippen molar-refractivity contribution in [3.63, 3.8) is 0 Å². The van der Waals surface area contributed by atoms with Gasteiger partial charge in [-0.2, -0.15) is 5.10 Å². The van der Waals surface area contributed by atoms with Gasteiger partial charge >= 0.3 is 0 Å². The highest BCUT2D eigenvalue weighted by Gasteiger charge is 2.11. The van der Waals surface area contributed by atoms with E-state index in [1.165, 1.54) is 19.3 Å². The number of carbonyl (C=O) groups is 1. The van der Waals surface area contributed by atoms with Gasteiger partial charge in [0.25, 0.3) is 0 Å². The summed E-state index contributed by atoms with van der Waals surface area (Å²) in [6.07, 6.45) is 5.74. The minimum absolute atomic E-state index is 0.0874. The number of ether oxygens (including phenoxy) is 1. The van der Waals surface area contributed by atoms with E-state index >= 15 is 0 Å². The molecule has 1 aromatic rings. The monoisotopic (exact) mass is 319 g/mol. The average Bonchev–Trinajstić information content (AvgIpc) is 2.57. The van der Waals surface area contributed by atoms with Crippen LogP contribution in [0.25, 0.3) is 0 Å². The minimum Gasteiger partial charge on any atom is -0.504 e. The fourth-order valence-corrected chi connectivity index (χ4v) is 2.56. The Morgan fingerprint density at radius 1 is 1.39 bits per heavy atom. The fraction of sp³-hybridized carbons (Fsp3) is 0.529. The topological polar surface area (TPSA) is 74.2 Å². The van der Waals surface area contributed by atoms with Gasteiger partial charge in [-0.3, -0.25) is 4.79 Å². The zero-order valence-electron chi connectivity index (χ0n) is 13.6. The molecule has 6 nitrogen and oxygen atoms in total. The Hall–Kier alpha value is -2.08. The molecule has 0 aromatic heterocycles. The van der Waals surface area contributed by atoms with Crippen LogP contribution in [0.1, 0.15) is 38.2 Å². The number of phenolic OH excluding ortho intramolecular Hbond substituents is 1. The van der Waals surface area contributed by atoms with Gasteiger partial charge in [0.15, 0.2) is 11.5 Å². The summed E-state index contributed by atoms with van der Waals surface area (Å²) in [5.41, 5.74) is 3.29. The second kappa shape index (κ2) is 9.15. The molecule has 126 valence electrons. The maximum absolute atomic E-state index is 11.8. The zero-order valence-corrected chi connectivity index (χ0v) is 13.6. The number of hydrogen-bond donors (Lipinski definition) is 2. The first-order valence-electron chi connectivity index (χ1n) is 8.19. The first kappa shape index (κ1) is 17.3. The maximum atomic E-state index is 11.8. The molecule has 2 N–H and O–H groups in total. The summed E-state index contributed by atoms with van der Waals surface area (Å²) in [7, 11) is 0. The summed E-state index contributed by atoms with van der Waals surface area (Å²) in [5, 5.41) is 13.6. The van der Waals surface area contributed by atoms with Crippen LogP contribution in [0, 0.1) is 0 Å². The largest absolute Gasteiger partial charge is 0.504 e. The lowest BCUT2D eigenvalue weighted by atomic mass is 10.1. The Kier molecular flexibility index (Phi) is 6.87. The summed E-state index contributed by atoms with van der Waals surface area (Å²) >= 11 is 0. The number of nitrogens with one attached hydrogen (secondary N) is 1. The molecule has 0 saturated carbocycles. The van der Waals surface area contributed by atoms with E-state index in [-0.39, 0.29) is 11.7 Å². The van der Waals surface area contributed by atoms with Gasteiger partial charge in [0.05, 0.1) is 12.8 Å². The van der Waals surface area contributed by atoms with Gasteiger partial charge in [-0.25, -0.2) is 5.43 Å². The van der Waals surface area contributed by atoms with Crippen LogP contribution in [-0.4, -0.2) is 48.4 Å². The Labute approximate surface area is 137 Å². The number of benzene rings is 1. The molecule has 0 radical (unpaired) electrons. The number of rotatable bonds is 7. The van der Waals surface area contributed by atoms with Crippen molar-refractivity contribution in [1.29, 1.82) is 0 Å². The number of carbonyl (C=O) groups excluding carboxylic acids is 1. The van der Waals surface area contributed by atoms with Crippen LogP contribution in [-0.2, 0) is 4.79 Å². The first-order valence-corrected chi connectivity index (χ1v) is 8.19. The van der Waals surface area contributed by atoms with Gasteiger partial charge in [-0.1, -0.05) is 6.42 Å². The number of piperidine rings is 1. The number of likely N-dealkylation sites (tertiary alicyclic amines) is 1. The standard InChI is InChI=1S/C17H25N3O3/c1-2-23-16-12-14(6-7-15(16)21)13-18-19-17(22)8-11-20-9-4-3-5-10-20/h6-7,12-13,21H,2-5,8-11H2,1H3,(H,19,22)/b18-13+. The minimum atomic E-state index is -0.0874. The highest BCUT2D eigenvalue weighted by atomic mass is 16.5. The number of aromatic hydroxyl groups is 1. The van der Waals surface area contributed by atoms with Crippen molar-refractivity contribution in [2.45, 2.75) is 32.6 Å². The summed E-state index contributed by atoms with van der Waals surface area (Å²) in [6, 6.07) is 4.94. The molecule has 6 heteroatoms. The molecule has 1 aliphatic heterocycles. The van der Waals surface area contributed by atoms with Crippen molar-refractivity contribution in [2.75, 3.05) is 26.2 Å².